The van der Waals surface area contributed by atoms with Gasteiger partial charge in [-0.1, -0.05) is 0 Å². The van der Waals surface area contributed by atoms with Crippen molar-refractivity contribution in [3.05, 3.63) is 29.3 Å². The summed E-state index contributed by atoms with van der Waals surface area (Å²) in [6.45, 7) is -1.70. The fourth-order valence-corrected chi connectivity index (χ4v) is 2.66. The number of nitrogens with one attached hydrogen (secondary N) is 2. The van der Waals surface area contributed by atoms with E-state index in [1.807, 2.05) is 5.32 Å². The molecular weight excluding hydrogens is 345 g/mol. The number of halogens is 3. The largest absolute Gasteiger partial charge is 0.484 e. The zero-order chi connectivity index (χ0) is 18.4. The van der Waals surface area contributed by atoms with Gasteiger partial charge in [-0.15, -0.1) is 0 Å². The van der Waals surface area contributed by atoms with Gasteiger partial charge in [0.25, 0.3) is 11.8 Å². The lowest BCUT2D eigenvalue weighted by atomic mass is 10.1. The van der Waals surface area contributed by atoms with Gasteiger partial charge in [0.1, 0.15) is 5.75 Å². The summed E-state index contributed by atoms with van der Waals surface area (Å²) in [6, 6.07) is 3.17. The molecule has 8 nitrogen and oxygen atoms in total. The van der Waals surface area contributed by atoms with E-state index in [-0.39, 0.29) is 24.4 Å². The van der Waals surface area contributed by atoms with Crippen molar-refractivity contribution >= 4 is 17.8 Å². The number of urea groups is 1. The van der Waals surface area contributed by atoms with Crippen molar-refractivity contribution in [1.82, 2.24) is 15.5 Å². The average Bonchev–Trinajstić information content (AvgIpc) is 2.93. The van der Waals surface area contributed by atoms with Crippen LogP contribution in [-0.2, 0) is 11.3 Å². The lowest BCUT2D eigenvalue weighted by Crippen LogP contribution is -2.62. The van der Waals surface area contributed by atoms with Crippen molar-refractivity contribution < 1.29 is 32.3 Å². The van der Waals surface area contributed by atoms with Gasteiger partial charge in [0.2, 0.25) is 0 Å². The molecule has 1 fully saturated rings. The van der Waals surface area contributed by atoms with E-state index in [9.17, 15) is 27.6 Å². The van der Waals surface area contributed by atoms with Crippen LogP contribution in [0.1, 0.15) is 15.9 Å². The molecule has 25 heavy (non-hydrogen) atoms. The first-order chi connectivity index (χ1) is 11.6. The maximum Gasteiger partial charge on any atom is 0.422 e. The second-order valence-corrected chi connectivity index (χ2v) is 5.76. The summed E-state index contributed by atoms with van der Waals surface area (Å²) in [5.41, 5.74) is 4.76. The van der Waals surface area contributed by atoms with Crippen molar-refractivity contribution in [2.75, 3.05) is 13.2 Å². The van der Waals surface area contributed by atoms with E-state index in [4.69, 9.17) is 5.73 Å². The van der Waals surface area contributed by atoms with Crippen LogP contribution in [-0.4, -0.2) is 47.7 Å². The van der Waals surface area contributed by atoms with E-state index in [0.29, 0.717) is 5.56 Å². The number of hydrogen-bond donors (Lipinski definition) is 3. The summed E-state index contributed by atoms with van der Waals surface area (Å²) in [4.78, 5) is 36.5. The minimum absolute atomic E-state index is 0.0273. The highest BCUT2D eigenvalue weighted by molar-refractivity contribution is 6.07. The van der Waals surface area contributed by atoms with Gasteiger partial charge in [0, 0.05) is 12.1 Å². The number of rotatable bonds is 4. The first-order valence-corrected chi connectivity index (χ1v) is 7.12. The molecule has 1 aromatic carbocycles. The molecule has 2 aliphatic heterocycles. The molecular formula is C14H13F3N4O4. The molecule has 2 heterocycles. The zero-order valence-electron chi connectivity index (χ0n) is 12.6. The number of benzene rings is 1. The molecule has 0 aromatic heterocycles. The molecule has 4 N–H and O–H groups in total. The standard InChI is InChI=1S/C14H13F3N4O4/c15-14(16,17)6-25-8-1-2-9-7(3-8)4-21(10(9)22)5-13(18)11(23)19-12(24)20-13/h1-3H,4-6,18H2,(H2,19,20,23,24). The maximum atomic E-state index is 12.3. The Labute approximate surface area is 139 Å². The molecule has 0 radical (unpaired) electrons. The number of carbonyl (C=O) groups is 3. The average molecular weight is 358 g/mol. The topological polar surface area (TPSA) is 114 Å². The van der Waals surface area contributed by atoms with Gasteiger partial charge in [-0.2, -0.15) is 13.2 Å². The van der Waals surface area contributed by atoms with Crippen LogP contribution in [0.2, 0.25) is 0 Å². The number of carbonyl (C=O) groups excluding carboxylic acids is 3. The van der Waals surface area contributed by atoms with Crippen LogP contribution in [0, 0.1) is 0 Å². The third-order valence-corrected chi connectivity index (χ3v) is 3.77. The number of nitrogens with zero attached hydrogens (tertiary/aromatic N) is 1. The Morgan fingerprint density at radius 1 is 1.28 bits per heavy atom. The van der Waals surface area contributed by atoms with Gasteiger partial charge in [-0.25, -0.2) is 4.79 Å². The molecule has 0 spiro atoms. The summed E-state index contributed by atoms with van der Waals surface area (Å²) in [5.74, 6) is -1.24. The smallest absolute Gasteiger partial charge is 0.422 e. The highest BCUT2D eigenvalue weighted by Crippen LogP contribution is 2.28. The molecule has 1 unspecified atom stereocenters. The van der Waals surface area contributed by atoms with Gasteiger partial charge in [-0.3, -0.25) is 20.6 Å². The number of alkyl halides is 3. The summed E-state index contributed by atoms with van der Waals surface area (Å²) in [6.07, 6.45) is -4.47. The third-order valence-electron chi connectivity index (χ3n) is 3.77. The number of nitrogens with two attached hydrogens (primary N) is 1. The van der Waals surface area contributed by atoms with E-state index in [0.717, 1.165) is 0 Å². The highest BCUT2D eigenvalue weighted by Gasteiger charge is 2.46. The third kappa shape index (κ3) is 3.36. The lowest BCUT2D eigenvalue weighted by Gasteiger charge is -2.26. The van der Waals surface area contributed by atoms with Crippen LogP contribution < -0.4 is 21.1 Å². The van der Waals surface area contributed by atoms with Gasteiger partial charge < -0.3 is 15.0 Å². The lowest BCUT2D eigenvalue weighted by molar-refractivity contribution is -0.153. The minimum atomic E-state index is -4.47. The normalized spacial score (nSPS) is 22.7. The van der Waals surface area contributed by atoms with Crippen molar-refractivity contribution in [2.24, 2.45) is 5.73 Å². The highest BCUT2D eigenvalue weighted by atomic mass is 19.4. The van der Waals surface area contributed by atoms with E-state index in [2.05, 4.69) is 10.1 Å². The van der Waals surface area contributed by atoms with E-state index < -0.39 is 36.3 Å². The Balaban J connectivity index is 1.73. The van der Waals surface area contributed by atoms with Crippen molar-refractivity contribution in [1.29, 1.82) is 0 Å². The number of hydrogen-bond acceptors (Lipinski definition) is 5. The van der Waals surface area contributed by atoms with Crippen LogP contribution in [0.3, 0.4) is 0 Å². The molecule has 2 aliphatic rings. The molecule has 0 aliphatic carbocycles. The molecule has 1 saturated heterocycles. The van der Waals surface area contributed by atoms with E-state index in [1.54, 1.807) is 0 Å². The number of imide groups is 1. The van der Waals surface area contributed by atoms with Crippen LogP contribution in [0.5, 0.6) is 5.75 Å². The Kier molecular flexibility index (Phi) is 3.82. The molecule has 0 bridgehead atoms. The fourth-order valence-electron chi connectivity index (χ4n) is 2.66. The molecule has 11 heteroatoms. The molecule has 134 valence electrons. The Morgan fingerprint density at radius 3 is 2.60 bits per heavy atom. The van der Waals surface area contributed by atoms with Crippen LogP contribution in [0.4, 0.5) is 18.0 Å². The first kappa shape index (κ1) is 17.0. The summed E-state index contributed by atoms with van der Waals surface area (Å²) in [7, 11) is 0. The van der Waals surface area contributed by atoms with Crippen LogP contribution >= 0.6 is 0 Å². The maximum absolute atomic E-state index is 12.3. The van der Waals surface area contributed by atoms with E-state index >= 15 is 0 Å². The summed E-state index contributed by atoms with van der Waals surface area (Å²) >= 11 is 0. The van der Waals surface area contributed by atoms with Crippen LogP contribution in [0.15, 0.2) is 18.2 Å². The van der Waals surface area contributed by atoms with Gasteiger partial charge in [0.05, 0.1) is 6.54 Å². The number of fused-ring (bicyclic) bond motifs is 1. The van der Waals surface area contributed by atoms with Crippen molar-refractivity contribution in [3.63, 3.8) is 0 Å². The van der Waals surface area contributed by atoms with Crippen molar-refractivity contribution in [3.8, 4) is 5.75 Å². The molecule has 1 aromatic rings. The number of amides is 4. The molecule has 0 saturated carbocycles. The quantitative estimate of drug-likeness (QED) is 0.660. The Bertz CT molecular complexity index is 767. The first-order valence-electron chi connectivity index (χ1n) is 7.12. The minimum Gasteiger partial charge on any atom is -0.484 e. The second-order valence-electron chi connectivity index (χ2n) is 5.76. The van der Waals surface area contributed by atoms with Crippen LogP contribution in [0.25, 0.3) is 0 Å². The van der Waals surface area contributed by atoms with Gasteiger partial charge in [0.15, 0.2) is 12.3 Å². The molecule has 1 atom stereocenters. The zero-order valence-corrected chi connectivity index (χ0v) is 12.6. The predicted octanol–water partition coefficient (Wildman–Crippen LogP) is 0.0779. The SMILES string of the molecule is NC1(CN2Cc3cc(OCC(F)(F)F)ccc3C2=O)NC(=O)NC1=O. The predicted molar refractivity (Wildman–Crippen MR) is 76.3 cm³/mol. The summed E-state index contributed by atoms with van der Waals surface area (Å²) in [5, 5.41) is 4.22. The molecule has 3 rings (SSSR count). The Hall–Kier alpha value is -2.82. The van der Waals surface area contributed by atoms with Gasteiger partial charge >= 0.3 is 12.2 Å². The second kappa shape index (κ2) is 5.62. The Morgan fingerprint density at radius 2 is 2.00 bits per heavy atom. The van der Waals surface area contributed by atoms with Gasteiger partial charge in [-0.05, 0) is 23.8 Å². The van der Waals surface area contributed by atoms with E-state index in [1.165, 1.54) is 23.1 Å². The summed E-state index contributed by atoms with van der Waals surface area (Å²) < 4.78 is 41.3. The monoisotopic (exact) mass is 358 g/mol. The van der Waals surface area contributed by atoms with Crippen molar-refractivity contribution in [2.45, 2.75) is 18.4 Å². The number of ether oxygens (including phenoxy) is 1. The molecule has 4 amide bonds. The fraction of sp³-hybridized carbons (Fsp3) is 0.357.